The second-order valence-electron chi connectivity index (χ2n) is 4.81. The van der Waals surface area contributed by atoms with Gasteiger partial charge in [-0.15, -0.1) is 0 Å². The van der Waals surface area contributed by atoms with Crippen LogP contribution >= 0.6 is 0 Å². The lowest BCUT2D eigenvalue weighted by Gasteiger charge is -2.15. The van der Waals surface area contributed by atoms with Gasteiger partial charge >= 0.3 is 11.5 Å². The zero-order valence-corrected chi connectivity index (χ0v) is 12.6. The van der Waals surface area contributed by atoms with Gasteiger partial charge in [0.15, 0.2) is 11.4 Å². The van der Waals surface area contributed by atoms with Crippen molar-refractivity contribution in [3.8, 4) is 17.2 Å². The van der Waals surface area contributed by atoms with Gasteiger partial charge in [0.25, 0.3) is 0 Å². The van der Waals surface area contributed by atoms with E-state index in [1.807, 2.05) is 18.2 Å². The van der Waals surface area contributed by atoms with Crippen molar-refractivity contribution in [2.45, 2.75) is 6.92 Å². The third-order valence-corrected chi connectivity index (χ3v) is 3.31. The Morgan fingerprint density at radius 1 is 1.09 bits per heavy atom. The van der Waals surface area contributed by atoms with Crippen LogP contribution in [0.2, 0.25) is 0 Å². The second kappa shape index (κ2) is 5.92. The Morgan fingerprint density at radius 3 is 2.48 bits per heavy atom. The Morgan fingerprint density at radius 2 is 1.83 bits per heavy atom. The number of carbonyl (C=O) groups is 1. The Balaban J connectivity index is 2.46. The van der Waals surface area contributed by atoms with Gasteiger partial charge in [-0.05, 0) is 24.3 Å². The normalized spacial score (nSPS) is 10.5. The van der Waals surface area contributed by atoms with Crippen LogP contribution in [0.3, 0.4) is 0 Å². The number of nitrogens with zero attached hydrogens (tertiary/aromatic N) is 2. The molecule has 2 heterocycles. The fourth-order valence-corrected chi connectivity index (χ4v) is 2.42. The van der Waals surface area contributed by atoms with E-state index in [1.54, 1.807) is 30.5 Å². The van der Waals surface area contributed by atoms with E-state index in [2.05, 4.69) is 4.98 Å². The van der Waals surface area contributed by atoms with Crippen molar-refractivity contribution < 1.29 is 14.3 Å². The van der Waals surface area contributed by atoms with Crippen molar-refractivity contribution in [3.05, 3.63) is 59.0 Å². The number of carbonyl (C=O) groups excluding carboxylic acids is 1. The average Bonchev–Trinajstić information content (AvgIpc) is 2.56. The summed E-state index contributed by atoms with van der Waals surface area (Å²) >= 11 is 0. The van der Waals surface area contributed by atoms with Gasteiger partial charge in [-0.1, -0.05) is 18.2 Å². The number of ether oxygens (including phenoxy) is 2. The molecule has 23 heavy (non-hydrogen) atoms. The summed E-state index contributed by atoms with van der Waals surface area (Å²) in [5.41, 5.74) is 0.545. The molecule has 1 aromatic carbocycles. The van der Waals surface area contributed by atoms with E-state index < -0.39 is 11.5 Å². The summed E-state index contributed by atoms with van der Waals surface area (Å²) in [6, 6.07) is 12.5. The lowest BCUT2D eigenvalue weighted by atomic mass is 10.2. The average molecular weight is 310 g/mol. The highest BCUT2D eigenvalue weighted by Gasteiger charge is 2.21. The van der Waals surface area contributed by atoms with Crippen LogP contribution in [-0.2, 0) is 4.79 Å². The van der Waals surface area contributed by atoms with Gasteiger partial charge in [0, 0.05) is 13.1 Å². The van der Waals surface area contributed by atoms with Gasteiger partial charge in [-0.3, -0.25) is 14.2 Å². The number of aromatic nitrogens is 2. The Kier molecular flexibility index (Phi) is 3.80. The largest absolute Gasteiger partial charge is 0.492 e. The zero-order valence-electron chi connectivity index (χ0n) is 12.6. The van der Waals surface area contributed by atoms with E-state index in [0.29, 0.717) is 16.7 Å². The first-order valence-corrected chi connectivity index (χ1v) is 6.95. The maximum absolute atomic E-state index is 12.9. The molecule has 0 aliphatic heterocycles. The molecule has 0 bridgehead atoms. The summed E-state index contributed by atoms with van der Waals surface area (Å²) in [7, 11) is 1.42. The molecular formula is C17H14N2O4. The molecule has 0 aliphatic carbocycles. The molecule has 0 saturated carbocycles. The second-order valence-corrected chi connectivity index (χ2v) is 4.81. The molecule has 0 radical (unpaired) electrons. The summed E-state index contributed by atoms with van der Waals surface area (Å²) in [6.45, 7) is 1.24. The van der Waals surface area contributed by atoms with Crippen molar-refractivity contribution in [1.82, 2.24) is 9.55 Å². The van der Waals surface area contributed by atoms with E-state index in [-0.39, 0.29) is 11.5 Å². The third kappa shape index (κ3) is 2.55. The first-order chi connectivity index (χ1) is 11.1. The predicted molar refractivity (Wildman–Crippen MR) is 85.2 cm³/mol. The van der Waals surface area contributed by atoms with Gasteiger partial charge < -0.3 is 9.47 Å². The minimum absolute atomic E-state index is 0.149. The third-order valence-electron chi connectivity index (χ3n) is 3.31. The molecule has 3 aromatic rings. The van der Waals surface area contributed by atoms with E-state index in [9.17, 15) is 9.59 Å². The number of benzene rings is 1. The van der Waals surface area contributed by atoms with Crippen LogP contribution in [0.25, 0.3) is 16.7 Å². The molecule has 0 unspecified atom stereocenters. The van der Waals surface area contributed by atoms with Gasteiger partial charge in [-0.2, -0.15) is 0 Å². The van der Waals surface area contributed by atoms with Crippen molar-refractivity contribution in [2.24, 2.45) is 0 Å². The monoisotopic (exact) mass is 310 g/mol. The van der Waals surface area contributed by atoms with E-state index >= 15 is 0 Å². The highest BCUT2D eigenvalue weighted by atomic mass is 16.6. The first-order valence-electron chi connectivity index (χ1n) is 6.95. The maximum atomic E-state index is 12.9. The molecule has 2 aromatic heterocycles. The SMILES string of the molecule is COc1c(OC(C)=O)c(=O)n(-c2ccccc2)c2ncccc12. The molecule has 0 fully saturated rings. The van der Waals surface area contributed by atoms with Crippen molar-refractivity contribution >= 4 is 17.0 Å². The Bertz CT molecular complexity index is 932. The van der Waals surface area contributed by atoms with Gasteiger partial charge in [0.05, 0.1) is 18.2 Å². The van der Waals surface area contributed by atoms with Crippen LogP contribution in [0, 0.1) is 0 Å². The first kappa shape index (κ1) is 14.8. The maximum Gasteiger partial charge on any atom is 0.308 e. The zero-order chi connectivity index (χ0) is 16.4. The lowest BCUT2D eigenvalue weighted by Crippen LogP contribution is -2.24. The number of para-hydroxylation sites is 1. The van der Waals surface area contributed by atoms with Gasteiger partial charge in [0.2, 0.25) is 5.75 Å². The molecule has 0 atom stereocenters. The summed E-state index contributed by atoms with van der Waals surface area (Å²) in [6.07, 6.45) is 1.59. The predicted octanol–water partition coefficient (Wildman–Crippen LogP) is 2.32. The minimum Gasteiger partial charge on any atom is -0.492 e. The van der Waals surface area contributed by atoms with E-state index in [0.717, 1.165) is 0 Å². The van der Waals surface area contributed by atoms with Crippen LogP contribution in [0.1, 0.15) is 6.92 Å². The molecule has 116 valence electrons. The molecule has 0 amide bonds. The molecule has 6 heteroatoms. The van der Waals surface area contributed by atoms with Crippen LogP contribution in [0.5, 0.6) is 11.5 Å². The smallest absolute Gasteiger partial charge is 0.308 e. The van der Waals surface area contributed by atoms with Gasteiger partial charge in [-0.25, -0.2) is 4.98 Å². The summed E-state index contributed by atoms with van der Waals surface area (Å²) in [5, 5.41) is 0.578. The Hall–Kier alpha value is -3.15. The number of esters is 1. The Labute approximate surface area is 131 Å². The summed E-state index contributed by atoms with van der Waals surface area (Å²) in [5.74, 6) is -0.548. The number of fused-ring (bicyclic) bond motifs is 1. The fourth-order valence-electron chi connectivity index (χ4n) is 2.42. The van der Waals surface area contributed by atoms with Crippen molar-refractivity contribution in [3.63, 3.8) is 0 Å². The molecule has 6 nitrogen and oxygen atoms in total. The molecule has 0 spiro atoms. The molecule has 0 aliphatic rings. The van der Waals surface area contributed by atoms with E-state index in [4.69, 9.17) is 9.47 Å². The van der Waals surface area contributed by atoms with Crippen molar-refractivity contribution in [2.75, 3.05) is 7.11 Å². The highest BCUT2D eigenvalue weighted by Crippen LogP contribution is 2.32. The molecule has 0 saturated heterocycles. The van der Waals surface area contributed by atoms with Crippen LogP contribution in [-0.4, -0.2) is 22.6 Å². The standard InChI is InChI=1S/C17H14N2O4/c1-11(20)23-15-14(22-2)13-9-6-10-18-16(13)19(17(15)21)12-7-4-3-5-8-12/h3-10H,1-2H3. The fraction of sp³-hybridized carbons (Fsp3) is 0.118. The minimum atomic E-state index is -0.594. The highest BCUT2D eigenvalue weighted by molar-refractivity contribution is 5.87. The quantitative estimate of drug-likeness (QED) is 0.694. The van der Waals surface area contributed by atoms with Crippen molar-refractivity contribution in [1.29, 1.82) is 0 Å². The number of methoxy groups -OCH3 is 1. The van der Waals surface area contributed by atoms with Crippen LogP contribution in [0.15, 0.2) is 53.5 Å². The van der Waals surface area contributed by atoms with Gasteiger partial charge in [0.1, 0.15) is 0 Å². The number of hydrogen-bond donors (Lipinski definition) is 0. The molecule has 3 rings (SSSR count). The topological polar surface area (TPSA) is 70.4 Å². The molecule has 0 N–H and O–H groups in total. The summed E-state index contributed by atoms with van der Waals surface area (Å²) in [4.78, 5) is 28.5. The van der Waals surface area contributed by atoms with Crippen LogP contribution in [0.4, 0.5) is 0 Å². The lowest BCUT2D eigenvalue weighted by molar-refractivity contribution is -0.132. The van der Waals surface area contributed by atoms with E-state index in [1.165, 1.54) is 18.6 Å². The number of pyridine rings is 2. The number of hydrogen-bond acceptors (Lipinski definition) is 5. The molecular weight excluding hydrogens is 296 g/mol. The number of rotatable bonds is 3. The summed E-state index contributed by atoms with van der Waals surface area (Å²) < 4.78 is 11.8. The van der Waals surface area contributed by atoms with Crippen LogP contribution < -0.4 is 15.0 Å².